The number of nitrogens with zero attached hydrogens (tertiary/aromatic N) is 2. The standard InChI is InChI=1S/C20H15Cl2N3O2S/c1-13(26)25(16-5-3-2-4-6-16)20-24-15(12-28-20)8-10-19(27)23-14-7-9-17(21)18(22)11-14/h2-12H,1H3,(H,23,27)/b10-8+. The summed E-state index contributed by atoms with van der Waals surface area (Å²) < 4.78 is 0. The summed E-state index contributed by atoms with van der Waals surface area (Å²) in [6.45, 7) is 1.48. The van der Waals surface area contributed by atoms with Gasteiger partial charge in [0.15, 0.2) is 5.13 Å². The number of anilines is 3. The van der Waals surface area contributed by atoms with E-state index in [0.717, 1.165) is 5.69 Å². The molecule has 142 valence electrons. The quantitative estimate of drug-likeness (QED) is 0.520. The Morgan fingerprint density at radius 2 is 1.86 bits per heavy atom. The third-order valence-electron chi connectivity index (χ3n) is 3.62. The molecule has 3 rings (SSSR count). The smallest absolute Gasteiger partial charge is 0.248 e. The van der Waals surface area contributed by atoms with Crippen molar-refractivity contribution in [2.75, 3.05) is 10.2 Å². The Balaban J connectivity index is 1.71. The summed E-state index contributed by atoms with van der Waals surface area (Å²) in [5.41, 5.74) is 1.85. The summed E-state index contributed by atoms with van der Waals surface area (Å²) >= 11 is 13.1. The molecule has 0 spiro atoms. The van der Waals surface area contributed by atoms with E-state index in [1.165, 1.54) is 29.2 Å². The number of thiazole rings is 1. The second-order valence-electron chi connectivity index (χ2n) is 5.70. The Hall–Kier alpha value is -2.67. The molecule has 1 N–H and O–H groups in total. The van der Waals surface area contributed by atoms with Crippen LogP contribution in [0.25, 0.3) is 6.08 Å². The van der Waals surface area contributed by atoms with Crippen LogP contribution >= 0.6 is 34.5 Å². The van der Waals surface area contributed by atoms with Gasteiger partial charge in [0.05, 0.1) is 21.4 Å². The van der Waals surface area contributed by atoms with Gasteiger partial charge >= 0.3 is 0 Å². The number of halogens is 2. The van der Waals surface area contributed by atoms with Crippen molar-refractivity contribution in [3.8, 4) is 0 Å². The van der Waals surface area contributed by atoms with Gasteiger partial charge in [-0.05, 0) is 36.4 Å². The van der Waals surface area contributed by atoms with Gasteiger partial charge in [-0.15, -0.1) is 11.3 Å². The van der Waals surface area contributed by atoms with Crippen molar-refractivity contribution < 1.29 is 9.59 Å². The molecule has 1 heterocycles. The van der Waals surface area contributed by atoms with Gasteiger partial charge in [0.1, 0.15) is 0 Å². The molecule has 8 heteroatoms. The van der Waals surface area contributed by atoms with Crippen LogP contribution in [0.1, 0.15) is 12.6 Å². The summed E-state index contributed by atoms with van der Waals surface area (Å²) in [4.78, 5) is 30.1. The highest BCUT2D eigenvalue weighted by atomic mass is 35.5. The maximum absolute atomic E-state index is 12.1. The van der Waals surface area contributed by atoms with Gasteiger partial charge in [-0.1, -0.05) is 41.4 Å². The fourth-order valence-electron chi connectivity index (χ4n) is 2.38. The Morgan fingerprint density at radius 3 is 2.54 bits per heavy atom. The summed E-state index contributed by atoms with van der Waals surface area (Å²) in [6.07, 6.45) is 2.94. The average Bonchev–Trinajstić information content (AvgIpc) is 3.12. The maximum atomic E-state index is 12.1. The minimum absolute atomic E-state index is 0.145. The monoisotopic (exact) mass is 431 g/mol. The average molecular weight is 432 g/mol. The lowest BCUT2D eigenvalue weighted by atomic mass is 10.3. The maximum Gasteiger partial charge on any atom is 0.248 e. The van der Waals surface area contributed by atoms with E-state index in [-0.39, 0.29) is 11.8 Å². The number of aromatic nitrogens is 1. The van der Waals surface area contributed by atoms with Crippen LogP contribution < -0.4 is 10.2 Å². The van der Waals surface area contributed by atoms with E-state index in [4.69, 9.17) is 23.2 Å². The first-order valence-corrected chi connectivity index (χ1v) is 9.83. The molecule has 0 radical (unpaired) electrons. The molecule has 0 saturated carbocycles. The fourth-order valence-corrected chi connectivity index (χ4v) is 3.53. The molecule has 5 nitrogen and oxygen atoms in total. The van der Waals surface area contributed by atoms with Crippen LogP contribution in [0, 0.1) is 0 Å². The van der Waals surface area contributed by atoms with Crippen molar-refractivity contribution in [1.82, 2.24) is 4.98 Å². The van der Waals surface area contributed by atoms with Crippen LogP contribution in [0.3, 0.4) is 0 Å². The van der Waals surface area contributed by atoms with Crippen molar-refractivity contribution in [3.05, 3.63) is 75.7 Å². The van der Waals surface area contributed by atoms with Gasteiger partial charge in [-0.25, -0.2) is 4.98 Å². The Kier molecular flexibility index (Phi) is 6.46. The fraction of sp³-hybridized carbons (Fsp3) is 0.0500. The van der Waals surface area contributed by atoms with E-state index >= 15 is 0 Å². The Morgan fingerprint density at radius 1 is 1.11 bits per heavy atom. The van der Waals surface area contributed by atoms with Crippen molar-refractivity contribution in [2.45, 2.75) is 6.92 Å². The number of rotatable bonds is 5. The molecule has 0 bridgehead atoms. The number of carbonyl (C=O) groups excluding carboxylic acids is 2. The third kappa shape index (κ3) is 4.98. The number of amides is 2. The molecule has 0 atom stereocenters. The van der Waals surface area contributed by atoms with E-state index in [2.05, 4.69) is 10.3 Å². The highest BCUT2D eigenvalue weighted by Crippen LogP contribution is 2.29. The highest BCUT2D eigenvalue weighted by molar-refractivity contribution is 7.14. The zero-order valence-corrected chi connectivity index (χ0v) is 17.1. The Labute approximate surface area is 176 Å². The minimum atomic E-state index is -0.334. The molecule has 0 aliphatic carbocycles. The molecule has 0 fully saturated rings. The molecular formula is C20H15Cl2N3O2S. The second-order valence-corrected chi connectivity index (χ2v) is 7.35. The number of para-hydroxylation sites is 1. The molecule has 0 saturated heterocycles. The predicted molar refractivity (Wildman–Crippen MR) is 116 cm³/mol. The van der Waals surface area contributed by atoms with E-state index in [0.29, 0.717) is 26.6 Å². The highest BCUT2D eigenvalue weighted by Gasteiger charge is 2.17. The van der Waals surface area contributed by atoms with E-state index in [9.17, 15) is 9.59 Å². The topological polar surface area (TPSA) is 62.3 Å². The van der Waals surface area contributed by atoms with Gasteiger partial charge in [-0.2, -0.15) is 0 Å². The molecule has 2 amide bonds. The first-order chi connectivity index (χ1) is 13.4. The number of hydrogen-bond acceptors (Lipinski definition) is 4. The largest absolute Gasteiger partial charge is 0.322 e. The number of benzene rings is 2. The molecule has 1 aromatic heterocycles. The van der Waals surface area contributed by atoms with Crippen LogP contribution in [0.2, 0.25) is 10.0 Å². The molecule has 0 aliphatic heterocycles. The zero-order valence-electron chi connectivity index (χ0n) is 14.7. The van der Waals surface area contributed by atoms with E-state index < -0.39 is 0 Å². The van der Waals surface area contributed by atoms with Crippen LogP contribution in [0.5, 0.6) is 0 Å². The van der Waals surface area contributed by atoms with Crippen molar-refractivity contribution in [3.63, 3.8) is 0 Å². The van der Waals surface area contributed by atoms with E-state index in [1.54, 1.807) is 29.7 Å². The minimum Gasteiger partial charge on any atom is -0.322 e. The van der Waals surface area contributed by atoms with Crippen LogP contribution in [-0.4, -0.2) is 16.8 Å². The molecule has 2 aromatic carbocycles. The summed E-state index contributed by atoms with van der Waals surface area (Å²) in [5.74, 6) is -0.479. The number of carbonyl (C=O) groups is 2. The molecule has 0 aliphatic rings. The lowest BCUT2D eigenvalue weighted by Crippen LogP contribution is -2.22. The lowest BCUT2D eigenvalue weighted by molar-refractivity contribution is -0.116. The van der Waals surface area contributed by atoms with Gasteiger partial charge in [-0.3, -0.25) is 14.5 Å². The van der Waals surface area contributed by atoms with E-state index in [1.807, 2.05) is 30.3 Å². The molecule has 28 heavy (non-hydrogen) atoms. The normalized spacial score (nSPS) is 10.8. The zero-order chi connectivity index (χ0) is 20.1. The molecular weight excluding hydrogens is 417 g/mol. The molecule has 0 unspecified atom stereocenters. The Bertz CT molecular complexity index is 1030. The number of nitrogens with one attached hydrogen (secondary N) is 1. The summed E-state index contributed by atoms with van der Waals surface area (Å²) in [7, 11) is 0. The van der Waals surface area contributed by atoms with Gasteiger partial charge in [0.2, 0.25) is 11.8 Å². The third-order valence-corrected chi connectivity index (χ3v) is 5.21. The predicted octanol–water partition coefficient (Wildman–Crippen LogP) is 5.79. The van der Waals surface area contributed by atoms with Gasteiger partial charge in [0, 0.05) is 24.1 Å². The van der Waals surface area contributed by atoms with Crippen molar-refractivity contribution >= 4 is 68.9 Å². The summed E-state index contributed by atoms with van der Waals surface area (Å²) in [6, 6.07) is 14.1. The first-order valence-electron chi connectivity index (χ1n) is 8.19. The van der Waals surface area contributed by atoms with Crippen molar-refractivity contribution in [2.24, 2.45) is 0 Å². The van der Waals surface area contributed by atoms with Crippen molar-refractivity contribution in [1.29, 1.82) is 0 Å². The first kappa shape index (κ1) is 20.1. The van der Waals surface area contributed by atoms with Crippen LogP contribution in [0.4, 0.5) is 16.5 Å². The summed E-state index contributed by atoms with van der Waals surface area (Å²) in [5, 5.41) is 5.78. The second kappa shape index (κ2) is 9.01. The lowest BCUT2D eigenvalue weighted by Gasteiger charge is -2.17. The number of hydrogen-bond donors (Lipinski definition) is 1. The van der Waals surface area contributed by atoms with Crippen LogP contribution in [-0.2, 0) is 9.59 Å². The molecule has 3 aromatic rings. The van der Waals surface area contributed by atoms with Gasteiger partial charge < -0.3 is 5.32 Å². The van der Waals surface area contributed by atoms with Gasteiger partial charge in [0.25, 0.3) is 0 Å². The SMILES string of the molecule is CC(=O)N(c1ccccc1)c1nc(/C=C/C(=O)Nc2ccc(Cl)c(Cl)c2)cs1. The van der Waals surface area contributed by atoms with Crippen LogP contribution in [0.15, 0.2) is 60.0 Å².